The molecule has 0 spiro atoms. The zero-order chi connectivity index (χ0) is 102. The summed E-state index contributed by atoms with van der Waals surface area (Å²) in [6, 6.07) is 28.3. The number of alkyl halides is 17. The molecule has 0 radical (unpaired) electrons. The van der Waals surface area contributed by atoms with Gasteiger partial charge < -0.3 is 55.5 Å². The van der Waals surface area contributed by atoms with Gasteiger partial charge in [0.15, 0.2) is 11.6 Å². The first-order valence-corrected chi connectivity index (χ1v) is 43.7. The van der Waals surface area contributed by atoms with Crippen molar-refractivity contribution in [3.8, 4) is 34.4 Å². The second-order valence-corrected chi connectivity index (χ2v) is 40.3. The highest BCUT2D eigenvalue weighted by molar-refractivity contribution is 5.55. The van der Waals surface area contributed by atoms with E-state index in [0.29, 0.717) is 81.2 Å². The third kappa shape index (κ3) is 32.9. The molecule has 0 aliphatic heterocycles. The van der Waals surface area contributed by atoms with Gasteiger partial charge in [0.05, 0.1) is 88.0 Å². The first kappa shape index (κ1) is 113. The van der Waals surface area contributed by atoms with E-state index in [-0.39, 0.29) is 57.2 Å². The van der Waals surface area contributed by atoms with Gasteiger partial charge >= 0.3 is 48.9 Å². The summed E-state index contributed by atoms with van der Waals surface area (Å²) in [5.74, 6) is 2.62. The number of hydrogen-bond donors (Lipinski definition) is 0. The maximum absolute atomic E-state index is 13.8. The van der Waals surface area contributed by atoms with Gasteiger partial charge in [-0.2, -0.15) is 94.8 Å². The monoisotopic (exact) mass is 1940 g/mol. The predicted octanol–water partition coefficient (Wildman–Crippen LogP) is 28.1. The number of aromatic nitrogens is 11. The van der Waals surface area contributed by atoms with Gasteiger partial charge in [-0.25, -0.2) is 15.0 Å². The summed E-state index contributed by atoms with van der Waals surface area (Å²) in [6.45, 7) is 32.3. The molecule has 13 rings (SSSR count). The maximum Gasteiger partial charge on any atom is 0.451 e. The van der Waals surface area contributed by atoms with Crippen molar-refractivity contribution < 1.29 is 130 Å². The largest absolute Gasteiger partial charge is 0.451 e. The molecule has 10 aromatic rings. The van der Waals surface area contributed by atoms with Crippen molar-refractivity contribution in [1.29, 1.82) is 0 Å². The minimum atomic E-state index is -4.87. The molecule has 3 fully saturated rings. The molecule has 752 valence electrons. The molecule has 3 aromatic carbocycles. The van der Waals surface area contributed by atoms with Gasteiger partial charge in [-0.05, 0) is 108 Å². The van der Waals surface area contributed by atoms with Gasteiger partial charge in [0.1, 0.15) is 41.8 Å². The van der Waals surface area contributed by atoms with Crippen molar-refractivity contribution in [3.05, 3.63) is 184 Å². The van der Waals surface area contributed by atoms with Crippen LogP contribution in [0.25, 0.3) is 34.4 Å². The van der Waals surface area contributed by atoms with Crippen LogP contribution in [0, 0.1) is 58.7 Å². The third-order valence-electron chi connectivity index (χ3n) is 21.0. The van der Waals surface area contributed by atoms with Crippen molar-refractivity contribution in [2.24, 2.45) is 52.0 Å². The second kappa shape index (κ2) is 44.1. The fraction of sp³-hybridized carbons (Fsp3) is 0.611. The molecule has 3 aliphatic rings. The maximum atomic E-state index is 13.8. The van der Waals surface area contributed by atoms with E-state index in [9.17, 15) is 74.6 Å². The van der Waals surface area contributed by atoms with Gasteiger partial charge in [0.25, 0.3) is 0 Å². The molecule has 23 nitrogen and oxygen atoms in total. The van der Waals surface area contributed by atoms with Crippen LogP contribution in [0.4, 0.5) is 74.6 Å². The van der Waals surface area contributed by atoms with E-state index in [2.05, 4.69) is 64.4 Å². The second-order valence-electron chi connectivity index (χ2n) is 40.3. The molecule has 7 heterocycles. The van der Waals surface area contributed by atoms with Crippen molar-refractivity contribution in [2.75, 3.05) is 0 Å². The molecule has 40 heteroatoms. The highest BCUT2D eigenvalue weighted by Gasteiger charge is 2.52. The number of rotatable bonds is 27. The SMILES string of the molecule is CC(C)(C)C(F)(F)OCc1nc(-c2ccccc2)oc1C(F)(F)F.CC(C)(C)C(F)(F)OCc1noc(C2CC2)n1.CC(C)(C)C(F)(F)OCc1noc(C2CCC2)n1.Cc1ccc(-c2nc(COC(F)(F)C(C)(C)C)c(C)o2)cc1.Cc1oc(-c2ccccc2)nc1COC(F)(F)C(C)(C)C.Cn1ccc(COC(F)(F)C(C)(C)C)n1.Cn1nc(C2CC2)cc1COC(F)(F)C(C)(C)C. The van der Waals surface area contributed by atoms with E-state index in [4.69, 9.17) is 36.5 Å². The van der Waals surface area contributed by atoms with E-state index < -0.39 is 105 Å². The van der Waals surface area contributed by atoms with Crippen LogP contribution in [0.5, 0.6) is 0 Å². The summed E-state index contributed by atoms with van der Waals surface area (Å²) >= 11 is 0. The third-order valence-corrected chi connectivity index (χ3v) is 21.0. The number of benzene rings is 3. The van der Waals surface area contributed by atoms with Crippen molar-refractivity contribution >= 4 is 0 Å². The van der Waals surface area contributed by atoms with Crippen molar-refractivity contribution in [1.82, 2.24) is 54.8 Å². The summed E-state index contributed by atoms with van der Waals surface area (Å²) in [4.78, 5) is 20.3. The lowest BCUT2D eigenvalue weighted by Crippen LogP contribution is -2.36. The molecule has 0 bridgehead atoms. The topological polar surface area (TPSA) is 256 Å². The Bertz CT molecular complexity index is 5300. The number of halogens is 17. The van der Waals surface area contributed by atoms with Gasteiger partial charge in [0, 0.05) is 54.7 Å². The smallest absolute Gasteiger partial charge is 0.441 e. The Balaban J connectivity index is 0.000000216. The minimum Gasteiger partial charge on any atom is -0.441 e. The van der Waals surface area contributed by atoms with E-state index >= 15 is 0 Å². The normalized spacial score (nSPS) is 14.7. The van der Waals surface area contributed by atoms with E-state index in [0.717, 1.165) is 67.3 Å². The van der Waals surface area contributed by atoms with Gasteiger partial charge in [-0.3, -0.25) is 9.36 Å². The number of oxazole rings is 3. The predicted molar refractivity (Wildman–Crippen MR) is 465 cm³/mol. The Labute approximate surface area is 775 Å². The molecular weight excluding hydrogens is 1810 g/mol. The van der Waals surface area contributed by atoms with Crippen LogP contribution >= 0.6 is 0 Å². The van der Waals surface area contributed by atoms with Crippen molar-refractivity contribution in [2.45, 2.75) is 324 Å². The van der Waals surface area contributed by atoms with E-state index in [1.165, 1.54) is 158 Å². The molecular formula is C95H126F17N11O12. The van der Waals surface area contributed by atoms with Crippen LogP contribution in [-0.4, -0.2) is 97.6 Å². The molecule has 0 saturated heterocycles. The van der Waals surface area contributed by atoms with Crippen LogP contribution in [0.1, 0.15) is 289 Å². The fourth-order valence-corrected chi connectivity index (χ4v) is 10.4. The Kier molecular flexibility index (Phi) is 36.8. The Morgan fingerprint density at radius 2 is 0.659 bits per heavy atom. The molecule has 0 amide bonds. The first-order chi connectivity index (χ1) is 61.7. The van der Waals surface area contributed by atoms with E-state index in [1.807, 2.05) is 67.6 Å². The molecule has 3 aliphatic carbocycles. The van der Waals surface area contributed by atoms with Crippen LogP contribution in [-0.2, 0) is 99.7 Å². The summed E-state index contributed by atoms with van der Waals surface area (Å²) in [5.41, 5.74) is -3.75. The van der Waals surface area contributed by atoms with Gasteiger partial charge in [-0.15, -0.1) is 0 Å². The number of aryl methyl sites for hydroxylation is 5. The lowest BCUT2D eigenvalue weighted by molar-refractivity contribution is -0.302. The fourth-order valence-electron chi connectivity index (χ4n) is 10.4. The molecule has 7 aromatic heterocycles. The number of nitrogens with zero attached hydrogens (tertiary/aromatic N) is 11. The highest BCUT2D eigenvalue weighted by Crippen LogP contribution is 2.47. The zero-order valence-corrected chi connectivity index (χ0v) is 81.2. The van der Waals surface area contributed by atoms with Crippen LogP contribution in [0.3, 0.4) is 0 Å². The van der Waals surface area contributed by atoms with Gasteiger partial charge in [0.2, 0.25) is 35.2 Å². The Morgan fingerprint density at radius 3 is 0.985 bits per heavy atom. The lowest BCUT2D eigenvalue weighted by Gasteiger charge is -2.29. The van der Waals surface area contributed by atoms with Crippen LogP contribution < -0.4 is 0 Å². The molecule has 0 unspecified atom stereocenters. The molecule has 0 atom stereocenters. The number of ether oxygens (including phenoxy) is 7. The minimum absolute atomic E-state index is 0.111. The lowest BCUT2D eigenvalue weighted by atomic mass is 9.85. The van der Waals surface area contributed by atoms with Crippen LogP contribution in [0.2, 0.25) is 0 Å². The molecule has 0 N–H and O–H groups in total. The summed E-state index contributed by atoms with van der Waals surface area (Å²) < 4.78 is 292. The van der Waals surface area contributed by atoms with Gasteiger partial charge in [-0.1, -0.05) is 216 Å². The zero-order valence-electron chi connectivity index (χ0n) is 81.2. The average Bonchev–Trinajstić information content (AvgIpc) is 1.67. The standard InChI is InChI=1S/C17H21F2NO2.C16H16F5NO2.C16H19F2NO2.C13H20F2N2O.C12H18F2N2O2.C11H16F2N2O2.C10H16F2N2O/c1-11-6-8-13(9-7-11)15-20-14(12(2)22-15)10-21-17(18,19)16(3,4)5;1-14(2,3)16(20,21)23-9-11-12(15(17,18)19)24-13(22-11)10-7-5-4-6-8-10;1-11-13(10-20-16(17,18)15(2,3)4)19-14(21-11)12-8-6-5-7-9-12;1-12(2,3)13(14,15)18-8-10-7-11(9-5-6-9)16-17(10)4;1-11(2,3)12(13,14)17-7-9-15-10(18-16-9)8-5-4-6-8;1-10(2,3)11(12,13)16-6-8-14-9(17-15-8)7-4-5-7;1-9(2,3)10(11,12)15-7-8-5-6-14(4)13-8/h6-9H,10H2,1-5H3;4-8H,9H2,1-3H3;5-9H,10H2,1-4H3;7,9H,5-6,8H2,1-4H3;8H,4-7H2,1-3H3;7H,4-6H2,1-3H3;5-6H,7H2,1-4H3. The Hall–Kier alpha value is -9.48. The van der Waals surface area contributed by atoms with Crippen LogP contribution in [0.15, 0.2) is 126 Å². The number of hydrogen-bond acceptors (Lipinski definition) is 21. The quantitative estimate of drug-likeness (QED) is 0.0433. The summed E-state index contributed by atoms with van der Waals surface area (Å²) in [7, 11) is 3.49. The summed E-state index contributed by atoms with van der Waals surface area (Å²) in [5, 5.41) is 15.6. The van der Waals surface area contributed by atoms with Crippen molar-refractivity contribution in [3.63, 3.8) is 0 Å². The molecule has 135 heavy (non-hydrogen) atoms. The average molecular weight is 1940 g/mol. The highest BCUT2D eigenvalue weighted by atomic mass is 19.4. The van der Waals surface area contributed by atoms with E-state index in [1.54, 1.807) is 67.8 Å². The molecule has 3 saturated carbocycles. The Morgan fingerprint density at radius 1 is 0.341 bits per heavy atom. The first-order valence-electron chi connectivity index (χ1n) is 43.7. The summed E-state index contributed by atoms with van der Waals surface area (Å²) in [6.07, 6.45) is -18.4.